The first-order valence-electron chi connectivity index (χ1n) is 9.56. The van der Waals surface area contributed by atoms with E-state index in [0.29, 0.717) is 0 Å². The molecule has 140 valence electrons. The van der Waals surface area contributed by atoms with Crippen molar-refractivity contribution in [3.63, 3.8) is 0 Å². The molecule has 5 heteroatoms. The van der Waals surface area contributed by atoms with Gasteiger partial charge < -0.3 is 15.4 Å². The minimum Gasteiger partial charge on any atom is -0.382 e. The Kier molecular flexibility index (Phi) is 8.19. The topological polar surface area (TPSA) is 45.7 Å². The highest BCUT2D eigenvalue weighted by molar-refractivity contribution is 5.79. The van der Waals surface area contributed by atoms with Crippen LogP contribution in [0.1, 0.15) is 51.5 Å². The standard InChI is InChI=1S/C20H32FN3O/c1-3-22-19(23-14-5-6-15-25-4-2)24-16-20(12-7-13-20)17-8-10-18(21)11-9-17/h8-11H,3-7,12-16H2,1-2H3,(H2,22,23,24). The van der Waals surface area contributed by atoms with Crippen molar-refractivity contribution in [2.45, 2.75) is 51.4 Å². The second-order valence-corrected chi connectivity index (χ2v) is 6.67. The zero-order chi connectivity index (χ0) is 18.0. The van der Waals surface area contributed by atoms with E-state index < -0.39 is 0 Å². The predicted molar refractivity (Wildman–Crippen MR) is 102 cm³/mol. The van der Waals surface area contributed by atoms with Gasteiger partial charge in [-0.3, -0.25) is 4.99 Å². The molecule has 4 nitrogen and oxygen atoms in total. The molecule has 1 aliphatic rings. The second-order valence-electron chi connectivity index (χ2n) is 6.67. The Balaban J connectivity index is 1.88. The minimum atomic E-state index is -0.177. The van der Waals surface area contributed by atoms with Crippen LogP contribution in [-0.4, -0.2) is 38.8 Å². The summed E-state index contributed by atoms with van der Waals surface area (Å²) in [6.07, 6.45) is 5.58. The molecule has 0 atom stereocenters. The van der Waals surface area contributed by atoms with Crippen molar-refractivity contribution in [3.8, 4) is 0 Å². The molecule has 0 radical (unpaired) electrons. The number of ether oxygens (including phenoxy) is 1. The molecule has 25 heavy (non-hydrogen) atoms. The fourth-order valence-electron chi connectivity index (χ4n) is 3.20. The lowest BCUT2D eigenvalue weighted by Gasteiger charge is -2.41. The first-order chi connectivity index (χ1) is 12.2. The summed E-state index contributed by atoms with van der Waals surface area (Å²) in [6, 6.07) is 6.94. The molecule has 0 amide bonds. The number of hydrogen-bond donors (Lipinski definition) is 2. The van der Waals surface area contributed by atoms with Gasteiger partial charge in [-0.1, -0.05) is 18.6 Å². The first kappa shape index (κ1) is 19.7. The lowest BCUT2D eigenvalue weighted by atomic mass is 9.64. The van der Waals surface area contributed by atoms with Crippen molar-refractivity contribution in [1.82, 2.24) is 10.6 Å². The third-order valence-electron chi connectivity index (χ3n) is 4.86. The molecule has 1 aromatic carbocycles. The maximum atomic E-state index is 13.2. The number of guanidine groups is 1. The molecular weight excluding hydrogens is 317 g/mol. The number of benzene rings is 1. The van der Waals surface area contributed by atoms with Crippen LogP contribution < -0.4 is 10.6 Å². The minimum absolute atomic E-state index is 0.0744. The van der Waals surface area contributed by atoms with E-state index in [1.165, 1.54) is 12.0 Å². The number of nitrogens with one attached hydrogen (secondary N) is 2. The zero-order valence-corrected chi connectivity index (χ0v) is 15.6. The average Bonchev–Trinajstić information content (AvgIpc) is 2.58. The largest absolute Gasteiger partial charge is 0.382 e. The Hall–Kier alpha value is -1.62. The molecule has 2 N–H and O–H groups in total. The lowest BCUT2D eigenvalue weighted by molar-refractivity contribution is 0.143. The van der Waals surface area contributed by atoms with Crippen LogP contribution in [0.3, 0.4) is 0 Å². The summed E-state index contributed by atoms with van der Waals surface area (Å²) in [7, 11) is 0. The van der Waals surface area contributed by atoms with Gasteiger partial charge in [0, 0.05) is 31.7 Å². The van der Waals surface area contributed by atoms with Crippen LogP contribution in [0.4, 0.5) is 4.39 Å². The molecular formula is C20H32FN3O. The first-order valence-corrected chi connectivity index (χ1v) is 9.56. The van der Waals surface area contributed by atoms with Crippen LogP contribution in [0.2, 0.25) is 0 Å². The van der Waals surface area contributed by atoms with Crippen LogP contribution in [0.15, 0.2) is 29.3 Å². The van der Waals surface area contributed by atoms with E-state index in [1.54, 1.807) is 12.1 Å². The number of hydrogen-bond acceptors (Lipinski definition) is 2. The molecule has 0 unspecified atom stereocenters. The van der Waals surface area contributed by atoms with E-state index >= 15 is 0 Å². The van der Waals surface area contributed by atoms with Crippen LogP contribution in [0.5, 0.6) is 0 Å². The number of nitrogens with zero attached hydrogens (tertiary/aromatic N) is 1. The molecule has 0 heterocycles. The maximum Gasteiger partial charge on any atom is 0.191 e. The number of unbranched alkanes of at least 4 members (excludes halogenated alkanes) is 1. The zero-order valence-electron chi connectivity index (χ0n) is 15.6. The maximum absolute atomic E-state index is 13.2. The fourth-order valence-corrected chi connectivity index (χ4v) is 3.20. The van der Waals surface area contributed by atoms with Gasteiger partial charge in [0.15, 0.2) is 5.96 Å². The van der Waals surface area contributed by atoms with Crippen LogP contribution in [0.25, 0.3) is 0 Å². The highest BCUT2D eigenvalue weighted by atomic mass is 19.1. The Morgan fingerprint density at radius 1 is 1.16 bits per heavy atom. The molecule has 0 saturated heterocycles. The normalized spacial score (nSPS) is 16.4. The van der Waals surface area contributed by atoms with E-state index in [2.05, 4.69) is 17.6 Å². The van der Waals surface area contributed by atoms with Crippen LogP contribution in [-0.2, 0) is 10.2 Å². The molecule has 2 rings (SSSR count). The molecule has 0 aromatic heterocycles. The highest BCUT2D eigenvalue weighted by Crippen LogP contribution is 2.43. The van der Waals surface area contributed by atoms with E-state index in [0.717, 1.165) is 64.5 Å². The van der Waals surface area contributed by atoms with Crippen LogP contribution >= 0.6 is 0 Å². The Labute approximate surface area is 151 Å². The van der Waals surface area contributed by atoms with Crippen molar-refractivity contribution >= 4 is 5.96 Å². The Morgan fingerprint density at radius 3 is 2.52 bits per heavy atom. The van der Waals surface area contributed by atoms with E-state index in [9.17, 15) is 4.39 Å². The monoisotopic (exact) mass is 349 g/mol. The smallest absolute Gasteiger partial charge is 0.191 e. The Morgan fingerprint density at radius 2 is 1.92 bits per heavy atom. The van der Waals surface area contributed by atoms with Crippen molar-refractivity contribution in [2.24, 2.45) is 4.99 Å². The van der Waals surface area contributed by atoms with Gasteiger partial charge in [-0.2, -0.15) is 0 Å². The second kappa shape index (κ2) is 10.4. The number of rotatable bonds is 10. The summed E-state index contributed by atoms with van der Waals surface area (Å²) in [5.74, 6) is 0.691. The van der Waals surface area contributed by atoms with Gasteiger partial charge in [0.05, 0.1) is 6.54 Å². The van der Waals surface area contributed by atoms with Gasteiger partial charge in [-0.25, -0.2) is 4.39 Å². The average molecular weight is 349 g/mol. The van der Waals surface area contributed by atoms with E-state index in [4.69, 9.17) is 9.73 Å². The summed E-state index contributed by atoms with van der Waals surface area (Å²) in [4.78, 5) is 4.81. The van der Waals surface area contributed by atoms with Gasteiger partial charge in [-0.15, -0.1) is 0 Å². The van der Waals surface area contributed by atoms with E-state index in [1.807, 2.05) is 19.1 Å². The van der Waals surface area contributed by atoms with Crippen molar-refractivity contribution in [3.05, 3.63) is 35.6 Å². The van der Waals surface area contributed by atoms with Crippen molar-refractivity contribution in [1.29, 1.82) is 0 Å². The molecule has 0 aliphatic heterocycles. The lowest BCUT2D eigenvalue weighted by Crippen LogP contribution is -2.42. The Bertz CT molecular complexity index is 526. The number of aliphatic imine (C=N–C) groups is 1. The predicted octanol–water partition coefficient (Wildman–Crippen LogP) is 3.62. The van der Waals surface area contributed by atoms with E-state index in [-0.39, 0.29) is 11.2 Å². The fraction of sp³-hybridized carbons (Fsp3) is 0.650. The summed E-state index contributed by atoms with van der Waals surface area (Å²) < 4.78 is 18.6. The van der Waals surface area contributed by atoms with Gasteiger partial charge in [-0.05, 0) is 57.2 Å². The molecule has 0 bridgehead atoms. The summed E-state index contributed by atoms with van der Waals surface area (Å²) in [6.45, 7) is 8.17. The van der Waals surface area contributed by atoms with Gasteiger partial charge in [0.25, 0.3) is 0 Å². The molecule has 0 spiro atoms. The van der Waals surface area contributed by atoms with Gasteiger partial charge >= 0.3 is 0 Å². The summed E-state index contributed by atoms with van der Waals surface area (Å²) in [5.41, 5.74) is 1.28. The third kappa shape index (κ3) is 5.99. The van der Waals surface area contributed by atoms with Crippen molar-refractivity contribution < 1.29 is 9.13 Å². The van der Waals surface area contributed by atoms with Gasteiger partial charge in [0.1, 0.15) is 5.82 Å². The third-order valence-corrected chi connectivity index (χ3v) is 4.86. The van der Waals surface area contributed by atoms with Gasteiger partial charge in [0.2, 0.25) is 0 Å². The molecule has 1 aromatic rings. The molecule has 1 saturated carbocycles. The summed E-state index contributed by atoms with van der Waals surface area (Å²) >= 11 is 0. The summed E-state index contributed by atoms with van der Waals surface area (Å²) in [5, 5.41) is 6.72. The highest BCUT2D eigenvalue weighted by Gasteiger charge is 2.38. The molecule has 1 aliphatic carbocycles. The number of halogens is 1. The van der Waals surface area contributed by atoms with Crippen LogP contribution in [0, 0.1) is 5.82 Å². The van der Waals surface area contributed by atoms with Crippen molar-refractivity contribution in [2.75, 3.05) is 32.8 Å². The molecule has 1 fully saturated rings. The SMILES string of the molecule is CCNC(=NCC1(c2ccc(F)cc2)CCC1)NCCCCOCC. The quantitative estimate of drug-likeness (QED) is 0.385.